The molecule has 0 saturated carbocycles. The fraction of sp³-hybridized carbons (Fsp3) is 0.167. The maximum Gasteiger partial charge on any atom is 0.311 e. The largest absolute Gasteiger partial charge is 0.490 e. The van der Waals surface area contributed by atoms with Gasteiger partial charge < -0.3 is 4.74 Å². The van der Waals surface area contributed by atoms with Crippen LogP contribution in [0.5, 0.6) is 5.75 Å². The topological polar surface area (TPSA) is 83.1 Å². The number of methoxy groups -OCH3 is 1. The van der Waals surface area contributed by atoms with E-state index < -0.39 is 4.92 Å². The summed E-state index contributed by atoms with van der Waals surface area (Å²) in [6, 6.07) is 25.3. The lowest BCUT2D eigenvalue weighted by Gasteiger charge is -2.10. The maximum atomic E-state index is 11.3. The predicted octanol–water partition coefficient (Wildman–Crippen LogP) is 5.26. The van der Waals surface area contributed by atoms with Gasteiger partial charge in [-0.05, 0) is 35.7 Å². The molecule has 0 spiro atoms. The van der Waals surface area contributed by atoms with Crippen LogP contribution in [0.25, 0.3) is 5.69 Å². The molecule has 0 atom stereocenters. The molecular weight excluding hydrogens is 424 g/mol. The van der Waals surface area contributed by atoms with Crippen molar-refractivity contribution in [2.75, 3.05) is 7.11 Å². The van der Waals surface area contributed by atoms with Crippen LogP contribution in [0.15, 0.2) is 84.0 Å². The third-order valence-electron chi connectivity index (χ3n) is 5.00. The van der Waals surface area contributed by atoms with E-state index in [0.717, 1.165) is 35.1 Å². The van der Waals surface area contributed by atoms with Gasteiger partial charge >= 0.3 is 5.69 Å². The number of hydrogen-bond donors (Lipinski definition) is 0. The zero-order valence-electron chi connectivity index (χ0n) is 17.5. The normalized spacial score (nSPS) is 10.8. The highest BCUT2D eigenvalue weighted by atomic mass is 32.2. The molecule has 8 heteroatoms. The standard InChI is InChI=1S/C24H22N4O3S/c1-31-22-14-12-19(16-21(22)28(29)30)17-32-24-26-25-23(15-13-18-8-4-2-5-9-18)27(24)20-10-6-3-7-11-20/h2-12,14,16H,13,15,17H2,1H3. The first-order chi connectivity index (χ1) is 15.7. The number of ether oxygens (including phenoxy) is 1. The van der Waals surface area contributed by atoms with E-state index in [-0.39, 0.29) is 11.4 Å². The molecule has 0 aliphatic carbocycles. The molecule has 162 valence electrons. The second kappa shape index (κ2) is 10.1. The number of nitro groups is 1. The molecule has 0 saturated heterocycles. The van der Waals surface area contributed by atoms with Gasteiger partial charge in [0.15, 0.2) is 10.9 Å². The van der Waals surface area contributed by atoms with Gasteiger partial charge in [0.25, 0.3) is 0 Å². The van der Waals surface area contributed by atoms with E-state index >= 15 is 0 Å². The number of thioether (sulfide) groups is 1. The molecule has 4 aromatic rings. The lowest BCUT2D eigenvalue weighted by molar-refractivity contribution is -0.385. The van der Waals surface area contributed by atoms with E-state index in [1.54, 1.807) is 12.1 Å². The lowest BCUT2D eigenvalue weighted by Crippen LogP contribution is -2.04. The van der Waals surface area contributed by atoms with Gasteiger partial charge in [0.1, 0.15) is 5.82 Å². The van der Waals surface area contributed by atoms with Gasteiger partial charge in [-0.2, -0.15) is 0 Å². The Labute approximate surface area is 190 Å². The summed E-state index contributed by atoms with van der Waals surface area (Å²) in [4.78, 5) is 10.9. The molecule has 1 heterocycles. The summed E-state index contributed by atoms with van der Waals surface area (Å²) >= 11 is 1.50. The molecule has 0 radical (unpaired) electrons. The predicted molar refractivity (Wildman–Crippen MR) is 124 cm³/mol. The lowest BCUT2D eigenvalue weighted by atomic mass is 10.1. The van der Waals surface area contributed by atoms with Crippen molar-refractivity contribution in [3.05, 3.63) is 106 Å². The van der Waals surface area contributed by atoms with Gasteiger partial charge in [-0.15, -0.1) is 10.2 Å². The monoisotopic (exact) mass is 446 g/mol. The Morgan fingerprint density at radius 3 is 2.34 bits per heavy atom. The van der Waals surface area contributed by atoms with Crippen LogP contribution in [-0.2, 0) is 18.6 Å². The van der Waals surface area contributed by atoms with Gasteiger partial charge in [0.2, 0.25) is 0 Å². The van der Waals surface area contributed by atoms with Gasteiger partial charge in [-0.25, -0.2) is 0 Å². The van der Waals surface area contributed by atoms with Crippen molar-refractivity contribution in [1.29, 1.82) is 0 Å². The van der Waals surface area contributed by atoms with E-state index in [9.17, 15) is 10.1 Å². The highest BCUT2D eigenvalue weighted by Crippen LogP contribution is 2.31. The quantitative estimate of drug-likeness (QED) is 0.198. The number of nitrogens with zero attached hydrogens (tertiary/aromatic N) is 4. The third-order valence-corrected chi connectivity index (χ3v) is 6.00. The van der Waals surface area contributed by atoms with E-state index in [1.807, 2.05) is 54.6 Å². The molecule has 7 nitrogen and oxygen atoms in total. The van der Waals surface area contributed by atoms with Crippen LogP contribution in [0.4, 0.5) is 5.69 Å². The number of benzene rings is 3. The molecule has 0 fully saturated rings. The minimum atomic E-state index is -0.429. The molecule has 0 N–H and O–H groups in total. The van der Waals surface area contributed by atoms with Crippen LogP contribution in [0, 0.1) is 10.1 Å². The van der Waals surface area contributed by atoms with E-state index in [2.05, 4.69) is 26.9 Å². The molecular formula is C24H22N4O3S. The smallest absolute Gasteiger partial charge is 0.311 e. The summed E-state index contributed by atoms with van der Waals surface area (Å²) in [6.45, 7) is 0. The first kappa shape index (κ1) is 21.6. The summed E-state index contributed by atoms with van der Waals surface area (Å²) in [5.74, 6) is 1.65. The number of aryl methyl sites for hydroxylation is 2. The molecule has 0 unspecified atom stereocenters. The summed E-state index contributed by atoms with van der Waals surface area (Å²) in [5, 5.41) is 21.0. The third kappa shape index (κ3) is 4.97. The van der Waals surface area contributed by atoms with Crippen molar-refractivity contribution in [3.63, 3.8) is 0 Å². The van der Waals surface area contributed by atoms with E-state index in [1.165, 1.54) is 24.4 Å². The van der Waals surface area contributed by atoms with Crippen molar-refractivity contribution in [1.82, 2.24) is 14.8 Å². The number of para-hydroxylation sites is 1. The van der Waals surface area contributed by atoms with Crippen molar-refractivity contribution in [2.45, 2.75) is 23.8 Å². The highest BCUT2D eigenvalue weighted by Gasteiger charge is 2.18. The molecule has 3 aromatic carbocycles. The zero-order chi connectivity index (χ0) is 22.3. The Bertz CT molecular complexity index is 1200. The SMILES string of the molecule is COc1ccc(CSc2nnc(CCc3ccccc3)n2-c2ccccc2)cc1[N+](=O)[O-]. The molecule has 32 heavy (non-hydrogen) atoms. The summed E-state index contributed by atoms with van der Waals surface area (Å²) < 4.78 is 7.15. The van der Waals surface area contributed by atoms with Crippen LogP contribution in [0.2, 0.25) is 0 Å². The molecule has 0 aliphatic heterocycles. The average molecular weight is 447 g/mol. The second-order valence-electron chi connectivity index (χ2n) is 7.11. The average Bonchev–Trinajstić information content (AvgIpc) is 3.25. The van der Waals surface area contributed by atoms with Crippen LogP contribution in [0.1, 0.15) is 17.0 Å². The Morgan fingerprint density at radius 1 is 0.938 bits per heavy atom. The van der Waals surface area contributed by atoms with Crippen molar-refractivity contribution in [3.8, 4) is 11.4 Å². The zero-order valence-corrected chi connectivity index (χ0v) is 18.4. The number of aromatic nitrogens is 3. The van der Waals surface area contributed by atoms with E-state index in [4.69, 9.17) is 4.74 Å². The molecule has 0 aliphatic rings. The second-order valence-corrected chi connectivity index (χ2v) is 8.05. The van der Waals surface area contributed by atoms with Crippen LogP contribution < -0.4 is 4.74 Å². The summed E-state index contributed by atoms with van der Waals surface area (Å²) in [6.07, 6.45) is 1.61. The molecule has 0 bridgehead atoms. The first-order valence-corrected chi connectivity index (χ1v) is 11.1. The summed E-state index contributed by atoms with van der Waals surface area (Å²) in [5.41, 5.74) is 3.01. The Balaban J connectivity index is 1.58. The van der Waals surface area contributed by atoms with Crippen LogP contribution >= 0.6 is 11.8 Å². The molecule has 1 aromatic heterocycles. The summed E-state index contributed by atoms with van der Waals surface area (Å²) in [7, 11) is 1.43. The van der Waals surface area contributed by atoms with Crippen molar-refractivity contribution >= 4 is 17.4 Å². The Kier molecular flexibility index (Phi) is 6.81. The molecule has 0 amide bonds. The van der Waals surface area contributed by atoms with Crippen molar-refractivity contribution < 1.29 is 9.66 Å². The van der Waals surface area contributed by atoms with Gasteiger partial charge in [0, 0.05) is 23.9 Å². The van der Waals surface area contributed by atoms with E-state index in [0.29, 0.717) is 5.75 Å². The van der Waals surface area contributed by atoms with Crippen LogP contribution in [0.3, 0.4) is 0 Å². The fourth-order valence-corrected chi connectivity index (χ4v) is 4.32. The number of nitro benzene ring substituents is 1. The fourth-order valence-electron chi connectivity index (χ4n) is 3.41. The van der Waals surface area contributed by atoms with Gasteiger partial charge in [-0.3, -0.25) is 14.7 Å². The molecule has 4 rings (SSSR count). The Morgan fingerprint density at radius 2 is 1.66 bits per heavy atom. The Hall–Kier alpha value is -3.65. The number of rotatable bonds is 9. The maximum absolute atomic E-state index is 11.3. The first-order valence-electron chi connectivity index (χ1n) is 10.1. The highest BCUT2D eigenvalue weighted by molar-refractivity contribution is 7.98. The minimum absolute atomic E-state index is 0.0429. The van der Waals surface area contributed by atoms with Crippen LogP contribution in [-0.4, -0.2) is 26.8 Å². The van der Waals surface area contributed by atoms with Gasteiger partial charge in [0.05, 0.1) is 12.0 Å². The number of hydrogen-bond acceptors (Lipinski definition) is 6. The van der Waals surface area contributed by atoms with Crippen molar-refractivity contribution in [2.24, 2.45) is 0 Å². The van der Waals surface area contributed by atoms with Gasteiger partial charge in [-0.1, -0.05) is 66.4 Å². The minimum Gasteiger partial charge on any atom is -0.490 e.